The SMILES string of the molecule is CCOC(=O)C1CCCCN1CC(=O)NCC(c1ccccc1Cl)N1CCCC1. The van der Waals surface area contributed by atoms with Crippen molar-refractivity contribution in [2.24, 2.45) is 0 Å². The van der Waals surface area contributed by atoms with Crippen LogP contribution in [0.1, 0.15) is 50.6 Å². The molecule has 0 saturated carbocycles. The maximum atomic E-state index is 12.7. The third-order valence-corrected chi connectivity index (χ3v) is 6.20. The van der Waals surface area contributed by atoms with E-state index in [1.807, 2.05) is 36.1 Å². The molecule has 1 amide bonds. The minimum absolute atomic E-state index is 0.0579. The Morgan fingerprint density at radius 3 is 2.62 bits per heavy atom. The second kappa shape index (κ2) is 11.0. The van der Waals surface area contributed by atoms with E-state index >= 15 is 0 Å². The van der Waals surface area contributed by atoms with Gasteiger partial charge in [-0.1, -0.05) is 36.2 Å². The molecule has 0 aromatic heterocycles. The highest BCUT2D eigenvalue weighted by atomic mass is 35.5. The molecule has 0 bridgehead atoms. The predicted octanol–water partition coefficient (Wildman–Crippen LogP) is 3.01. The van der Waals surface area contributed by atoms with Gasteiger partial charge in [0.25, 0.3) is 0 Å². The Morgan fingerprint density at radius 2 is 1.90 bits per heavy atom. The summed E-state index contributed by atoms with van der Waals surface area (Å²) in [5, 5.41) is 3.82. The summed E-state index contributed by atoms with van der Waals surface area (Å²) in [6.45, 7) is 5.69. The number of ether oxygens (including phenoxy) is 1. The lowest BCUT2D eigenvalue weighted by molar-refractivity contribution is -0.151. The predicted molar refractivity (Wildman–Crippen MR) is 114 cm³/mol. The Kier molecular flexibility index (Phi) is 8.33. The molecule has 2 saturated heterocycles. The maximum Gasteiger partial charge on any atom is 0.323 e. The highest BCUT2D eigenvalue weighted by molar-refractivity contribution is 6.31. The molecule has 2 aliphatic heterocycles. The second-order valence-electron chi connectivity index (χ2n) is 7.82. The fraction of sp³-hybridized carbons (Fsp3) is 0.636. The number of esters is 1. The van der Waals surface area contributed by atoms with Crippen molar-refractivity contribution in [2.45, 2.75) is 51.1 Å². The van der Waals surface area contributed by atoms with Gasteiger partial charge >= 0.3 is 5.97 Å². The molecular formula is C22H32ClN3O3. The average molecular weight is 422 g/mol. The van der Waals surface area contributed by atoms with Gasteiger partial charge in [0, 0.05) is 11.6 Å². The summed E-state index contributed by atoms with van der Waals surface area (Å²) in [5.41, 5.74) is 1.05. The van der Waals surface area contributed by atoms with E-state index in [2.05, 4.69) is 10.2 Å². The van der Waals surface area contributed by atoms with Crippen molar-refractivity contribution in [2.75, 3.05) is 39.3 Å². The van der Waals surface area contributed by atoms with Crippen molar-refractivity contribution in [3.05, 3.63) is 34.9 Å². The van der Waals surface area contributed by atoms with Crippen LogP contribution in [-0.2, 0) is 14.3 Å². The van der Waals surface area contributed by atoms with Crippen LogP contribution >= 0.6 is 11.6 Å². The molecule has 2 fully saturated rings. The third kappa shape index (κ3) is 5.93. The number of amides is 1. The molecule has 0 spiro atoms. The molecular weight excluding hydrogens is 390 g/mol. The maximum absolute atomic E-state index is 12.7. The first-order chi connectivity index (χ1) is 14.1. The molecule has 29 heavy (non-hydrogen) atoms. The standard InChI is InChI=1S/C22H32ClN3O3/c1-2-29-22(28)19-11-5-6-14-26(19)16-21(27)24-15-20(25-12-7-8-13-25)17-9-3-4-10-18(17)23/h3-4,9-10,19-20H,2,5-8,11-16H2,1H3,(H,24,27). The Hall–Kier alpha value is -1.63. The minimum atomic E-state index is -0.313. The van der Waals surface area contributed by atoms with Crippen LogP contribution in [0.5, 0.6) is 0 Å². The number of benzene rings is 1. The van der Waals surface area contributed by atoms with Crippen molar-refractivity contribution in [1.29, 1.82) is 0 Å². The molecule has 2 atom stereocenters. The molecule has 1 N–H and O–H groups in total. The molecule has 1 aromatic carbocycles. The van der Waals surface area contributed by atoms with Gasteiger partial charge in [-0.3, -0.25) is 19.4 Å². The van der Waals surface area contributed by atoms with Gasteiger partial charge in [0.05, 0.1) is 19.2 Å². The summed E-state index contributed by atoms with van der Waals surface area (Å²) in [5.74, 6) is -0.275. The summed E-state index contributed by atoms with van der Waals surface area (Å²) in [4.78, 5) is 29.3. The highest BCUT2D eigenvalue weighted by Crippen LogP contribution is 2.29. The summed E-state index contributed by atoms with van der Waals surface area (Å²) >= 11 is 6.45. The first-order valence-corrected chi connectivity index (χ1v) is 11.1. The number of rotatable bonds is 8. The monoisotopic (exact) mass is 421 g/mol. The number of hydrogen-bond donors (Lipinski definition) is 1. The van der Waals surface area contributed by atoms with E-state index < -0.39 is 0 Å². The average Bonchev–Trinajstić information content (AvgIpc) is 3.24. The van der Waals surface area contributed by atoms with Gasteiger partial charge in [0.15, 0.2) is 0 Å². The molecule has 2 unspecified atom stereocenters. The van der Waals surface area contributed by atoms with Crippen LogP contribution in [0.4, 0.5) is 0 Å². The normalized spacial score (nSPS) is 21.7. The molecule has 160 valence electrons. The van der Waals surface area contributed by atoms with Crippen molar-refractivity contribution < 1.29 is 14.3 Å². The lowest BCUT2D eigenvalue weighted by atomic mass is 10.0. The number of carbonyl (C=O) groups is 2. The van der Waals surface area contributed by atoms with Crippen molar-refractivity contribution >= 4 is 23.5 Å². The van der Waals surface area contributed by atoms with Crippen LogP contribution in [0.15, 0.2) is 24.3 Å². The number of piperidine rings is 1. The van der Waals surface area contributed by atoms with E-state index in [1.54, 1.807) is 0 Å². The van der Waals surface area contributed by atoms with Crippen LogP contribution in [0.25, 0.3) is 0 Å². The first kappa shape index (κ1) is 22.1. The molecule has 1 aromatic rings. The smallest absolute Gasteiger partial charge is 0.323 e. The van der Waals surface area contributed by atoms with Gasteiger partial charge in [0.1, 0.15) is 6.04 Å². The lowest BCUT2D eigenvalue weighted by Crippen LogP contribution is -2.50. The fourth-order valence-electron chi connectivity index (χ4n) is 4.37. The Bertz CT molecular complexity index is 694. The zero-order valence-corrected chi connectivity index (χ0v) is 18.0. The molecule has 0 radical (unpaired) electrons. The van der Waals surface area contributed by atoms with Gasteiger partial charge in [-0.15, -0.1) is 0 Å². The van der Waals surface area contributed by atoms with E-state index in [1.165, 1.54) is 12.8 Å². The van der Waals surface area contributed by atoms with Crippen LogP contribution in [0.2, 0.25) is 5.02 Å². The van der Waals surface area contributed by atoms with Crippen LogP contribution in [-0.4, -0.2) is 67.0 Å². The molecule has 6 nitrogen and oxygen atoms in total. The summed E-state index contributed by atoms with van der Waals surface area (Å²) in [7, 11) is 0. The van der Waals surface area contributed by atoms with E-state index in [4.69, 9.17) is 16.3 Å². The zero-order chi connectivity index (χ0) is 20.6. The summed E-state index contributed by atoms with van der Waals surface area (Å²) < 4.78 is 5.20. The topological polar surface area (TPSA) is 61.9 Å². The Labute approximate surface area is 178 Å². The van der Waals surface area contributed by atoms with Gasteiger partial charge in [-0.25, -0.2) is 0 Å². The van der Waals surface area contributed by atoms with E-state index in [0.717, 1.165) is 49.5 Å². The quantitative estimate of drug-likeness (QED) is 0.654. The number of likely N-dealkylation sites (tertiary alicyclic amines) is 2. The lowest BCUT2D eigenvalue weighted by Gasteiger charge is -2.34. The number of carbonyl (C=O) groups excluding carboxylic acids is 2. The molecule has 2 heterocycles. The van der Waals surface area contributed by atoms with Gasteiger partial charge in [-0.2, -0.15) is 0 Å². The number of halogens is 1. The van der Waals surface area contributed by atoms with Crippen LogP contribution in [0.3, 0.4) is 0 Å². The van der Waals surface area contributed by atoms with Gasteiger partial charge < -0.3 is 10.1 Å². The van der Waals surface area contributed by atoms with Crippen LogP contribution in [0, 0.1) is 0 Å². The zero-order valence-electron chi connectivity index (χ0n) is 17.2. The highest BCUT2D eigenvalue weighted by Gasteiger charge is 2.31. The number of nitrogens with zero attached hydrogens (tertiary/aromatic N) is 2. The second-order valence-corrected chi connectivity index (χ2v) is 8.23. The first-order valence-electron chi connectivity index (χ1n) is 10.8. The van der Waals surface area contributed by atoms with Gasteiger partial charge in [-0.05, 0) is 63.9 Å². The number of nitrogens with one attached hydrogen (secondary N) is 1. The summed E-state index contributed by atoms with van der Waals surface area (Å²) in [6, 6.07) is 7.61. The van der Waals surface area contributed by atoms with E-state index in [0.29, 0.717) is 13.2 Å². The van der Waals surface area contributed by atoms with Crippen molar-refractivity contribution in [1.82, 2.24) is 15.1 Å². The van der Waals surface area contributed by atoms with E-state index in [9.17, 15) is 9.59 Å². The molecule has 0 aliphatic carbocycles. The fourth-order valence-corrected chi connectivity index (χ4v) is 4.63. The minimum Gasteiger partial charge on any atom is -0.465 e. The molecule has 7 heteroatoms. The van der Waals surface area contributed by atoms with Crippen molar-refractivity contribution in [3.8, 4) is 0 Å². The molecule has 3 rings (SSSR count). The summed E-state index contributed by atoms with van der Waals surface area (Å²) in [6.07, 6.45) is 5.08. The van der Waals surface area contributed by atoms with Crippen molar-refractivity contribution in [3.63, 3.8) is 0 Å². The van der Waals surface area contributed by atoms with E-state index in [-0.39, 0.29) is 30.5 Å². The molecule has 2 aliphatic rings. The Balaban J connectivity index is 1.61. The largest absolute Gasteiger partial charge is 0.465 e. The Morgan fingerprint density at radius 1 is 1.17 bits per heavy atom. The number of hydrogen-bond acceptors (Lipinski definition) is 5. The third-order valence-electron chi connectivity index (χ3n) is 5.86. The van der Waals surface area contributed by atoms with Gasteiger partial charge in [0.2, 0.25) is 5.91 Å². The van der Waals surface area contributed by atoms with Crippen LogP contribution < -0.4 is 5.32 Å².